The largest absolute Gasteiger partial charge is 0.307 e. The molecule has 0 saturated carbocycles. The van der Waals surface area contributed by atoms with Crippen LogP contribution in [0.25, 0.3) is 65.8 Å². The van der Waals surface area contributed by atoms with Gasteiger partial charge in [0, 0.05) is 32.6 Å². The number of nitrogens with zero attached hydrogens (tertiary/aromatic N) is 3. The second-order valence-corrected chi connectivity index (χ2v) is 9.69. The minimum absolute atomic E-state index is 0.680. The molecule has 0 fully saturated rings. The third-order valence-electron chi connectivity index (χ3n) is 7.73. The highest BCUT2D eigenvalue weighted by Gasteiger charge is 2.22. The number of fused-ring (bicyclic) bond motifs is 8. The highest BCUT2D eigenvalue weighted by Crippen LogP contribution is 2.42. The van der Waals surface area contributed by atoms with Crippen molar-refractivity contribution in [3.63, 3.8) is 0 Å². The summed E-state index contributed by atoms with van der Waals surface area (Å²) in [4.78, 5) is 0. The van der Waals surface area contributed by atoms with Crippen LogP contribution in [0.2, 0.25) is 0 Å². The topological polar surface area (TPSA) is 33.6 Å². The van der Waals surface area contributed by atoms with Gasteiger partial charge < -0.3 is 9.13 Å². The van der Waals surface area contributed by atoms with Crippen LogP contribution in [0, 0.1) is 11.3 Å². The molecule has 0 bridgehead atoms. The summed E-state index contributed by atoms with van der Waals surface area (Å²) >= 11 is 0. The van der Waals surface area contributed by atoms with Crippen molar-refractivity contribution in [2.75, 3.05) is 0 Å². The quantitative estimate of drug-likeness (QED) is 0.242. The molecule has 0 unspecified atom stereocenters. The lowest BCUT2D eigenvalue weighted by atomic mass is 10.0. The van der Waals surface area contributed by atoms with E-state index in [1.54, 1.807) is 0 Å². The van der Waals surface area contributed by atoms with Crippen LogP contribution in [0.4, 0.5) is 0 Å². The third kappa shape index (κ3) is 2.72. The summed E-state index contributed by atoms with van der Waals surface area (Å²) < 4.78 is 4.76. The van der Waals surface area contributed by atoms with E-state index in [2.05, 4.69) is 130 Å². The SMILES string of the molecule is N#Cc1cccc2cccc(-n3c4ccccc4c4ccc5c6ccccc6n(-c6ccccc6)c5c43)c12. The molecule has 0 spiro atoms. The molecule has 0 saturated heterocycles. The first-order chi connectivity index (χ1) is 18.8. The van der Waals surface area contributed by atoms with Gasteiger partial charge in [0.05, 0.1) is 39.4 Å². The first-order valence-electron chi connectivity index (χ1n) is 12.8. The van der Waals surface area contributed by atoms with Crippen LogP contribution in [-0.4, -0.2) is 9.13 Å². The van der Waals surface area contributed by atoms with Crippen molar-refractivity contribution in [3.05, 3.63) is 133 Å². The summed E-state index contributed by atoms with van der Waals surface area (Å²) in [7, 11) is 0. The van der Waals surface area contributed by atoms with Crippen molar-refractivity contribution in [2.24, 2.45) is 0 Å². The lowest BCUT2D eigenvalue weighted by Crippen LogP contribution is -2.00. The van der Waals surface area contributed by atoms with E-state index < -0.39 is 0 Å². The summed E-state index contributed by atoms with van der Waals surface area (Å²) in [6.07, 6.45) is 0. The second kappa shape index (κ2) is 7.83. The Kier molecular flexibility index (Phi) is 4.29. The van der Waals surface area contributed by atoms with Gasteiger partial charge in [-0.05, 0) is 41.8 Å². The Morgan fingerprint density at radius 2 is 1.05 bits per heavy atom. The van der Waals surface area contributed by atoms with Crippen LogP contribution in [0.15, 0.2) is 127 Å². The predicted octanol–water partition coefficient (Wildman–Crippen LogP) is 8.91. The molecule has 8 rings (SSSR count). The van der Waals surface area contributed by atoms with Gasteiger partial charge >= 0.3 is 0 Å². The molecule has 6 aromatic carbocycles. The molecular formula is C35H21N3. The number of nitriles is 1. The van der Waals surface area contributed by atoms with Crippen LogP contribution in [0.5, 0.6) is 0 Å². The van der Waals surface area contributed by atoms with Gasteiger partial charge in [0.15, 0.2) is 0 Å². The zero-order valence-corrected chi connectivity index (χ0v) is 20.5. The minimum Gasteiger partial charge on any atom is -0.307 e. The molecular weight excluding hydrogens is 462 g/mol. The van der Waals surface area contributed by atoms with Crippen LogP contribution in [0.3, 0.4) is 0 Å². The van der Waals surface area contributed by atoms with Gasteiger partial charge in [-0.25, -0.2) is 0 Å². The van der Waals surface area contributed by atoms with Gasteiger partial charge in [-0.2, -0.15) is 5.26 Å². The lowest BCUT2D eigenvalue weighted by Gasteiger charge is -2.15. The molecule has 3 nitrogen and oxygen atoms in total. The van der Waals surface area contributed by atoms with Gasteiger partial charge in [0.2, 0.25) is 0 Å². The van der Waals surface area contributed by atoms with E-state index in [0.717, 1.165) is 38.7 Å². The molecule has 0 atom stereocenters. The van der Waals surface area contributed by atoms with Gasteiger partial charge in [0.1, 0.15) is 0 Å². The number of para-hydroxylation sites is 3. The van der Waals surface area contributed by atoms with Gasteiger partial charge in [-0.3, -0.25) is 0 Å². The fraction of sp³-hybridized carbons (Fsp3) is 0. The average molecular weight is 484 g/mol. The highest BCUT2D eigenvalue weighted by atomic mass is 15.0. The van der Waals surface area contributed by atoms with Crippen LogP contribution in [-0.2, 0) is 0 Å². The Balaban J connectivity index is 1.69. The van der Waals surface area contributed by atoms with Crippen LogP contribution in [0.1, 0.15) is 5.56 Å². The Bertz CT molecular complexity index is 2240. The smallest absolute Gasteiger partial charge is 0.0998 e. The predicted molar refractivity (Wildman–Crippen MR) is 157 cm³/mol. The fourth-order valence-corrected chi connectivity index (χ4v) is 6.20. The minimum atomic E-state index is 0.680. The summed E-state index contributed by atoms with van der Waals surface area (Å²) in [5, 5.41) is 16.9. The van der Waals surface area contributed by atoms with E-state index in [1.165, 1.54) is 27.1 Å². The molecule has 38 heavy (non-hydrogen) atoms. The second-order valence-electron chi connectivity index (χ2n) is 9.69. The molecule has 2 heterocycles. The van der Waals surface area contributed by atoms with Gasteiger partial charge in [-0.1, -0.05) is 91.0 Å². The Morgan fingerprint density at radius 1 is 0.474 bits per heavy atom. The number of hydrogen-bond acceptors (Lipinski definition) is 1. The van der Waals surface area contributed by atoms with E-state index in [0.29, 0.717) is 5.56 Å². The maximum Gasteiger partial charge on any atom is 0.0998 e. The zero-order chi connectivity index (χ0) is 25.2. The van der Waals surface area contributed by atoms with E-state index in [9.17, 15) is 5.26 Å². The van der Waals surface area contributed by atoms with E-state index in [1.807, 2.05) is 12.1 Å². The maximum atomic E-state index is 10.1. The number of rotatable bonds is 2. The first-order valence-corrected chi connectivity index (χ1v) is 12.8. The molecule has 2 aromatic heterocycles. The summed E-state index contributed by atoms with van der Waals surface area (Å²) in [5.41, 5.74) is 7.43. The van der Waals surface area contributed by atoms with Crippen molar-refractivity contribution in [1.82, 2.24) is 9.13 Å². The number of hydrogen-bond donors (Lipinski definition) is 0. The fourth-order valence-electron chi connectivity index (χ4n) is 6.20. The van der Waals surface area contributed by atoms with E-state index in [-0.39, 0.29) is 0 Å². The molecule has 0 aliphatic heterocycles. The van der Waals surface area contributed by atoms with Crippen molar-refractivity contribution < 1.29 is 0 Å². The Morgan fingerprint density at radius 3 is 1.74 bits per heavy atom. The Hall–Kier alpha value is -5.33. The normalized spacial score (nSPS) is 11.7. The number of benzene rings is 6. The van der Waals surface area contributed by atoms with Gasteiger partial charge in [-0.15, -0.1) is 0 Å². The number of aromatic nitrogens is 2. The van der Waals surface area contributed by atoms with Crippen LogP contribution >= 0.6 is 0 Å². The molecule has 8 aromatic rings. The lowest BCUT2D eigenvalue weighted by molar-refractivity contribution is 1.16. The third-order valence-corrected chi connectivity index (χ3v) is 7.73. The Labute approximate surface area is 219 Å². The van der Waals surface area contributed by atoms with Crippen molar-refractivity contribution in [1.29, 1.82) is 5.26 Å². The van der Waals surface area contributed by atoms with E-state index in [4.69, 9.17) is 0 Å². The maximum absolute atomic E-state index is 10.1. The van der Waals surface area contributed by atoms with Crippen LogP contribution < -0.4 is 0 Å². The zero-order valence-electron chi connectivity index (χ0n) is 20.5. The molecule has 0 N–H and O–H groups in total. The summed E-state index contributed by atoms with van der Waals surface area (Å²) in [5.74, 6) is 0. The molecule has 3 heteroatoms. The standard InChI is InChI=1S/C35H21N3/c36-22-24-12-8-10-23-11-9-19-32(33(23)24)38-31-18-7-5-16-27(31)29-21-20-28-26-15-4-6-17-30(26)37(34(28)35(29)38)25-13-2-1-3-14-25/h1-21H. The van der Waals surface area contributed by atoms with Crippen molar-refractivity contribution in [2.45, 2.75) is 0 Å². The molecule has 0 radical (unpaired) electrons. The molecule has 0 amide bonds. The summed E-state index contributed by atoms with van der Waals surface area (Å²) in [6.45, 7) is 0. The van der Waals surface area contributed by atoms with E-state index >= 15 is 0 Å². The molecule has 0 aliphatic rings. The highest BCUT2D eigenvalue weighted by molar-refractivity contribution is 6.24. The van der Waals surface area contributed by atoms with Gasteiger partial charge in [0.25, 0.3) is 0 Å². The molecule has 176 valence electrons. The monoisotopic (exact) mass is 483 g/mol. The van der Waals surface area contributed by atoms with Crippen molar-refractivity contribution in [3.8, 4) is 17.4 Å². The van der Waals surface area contributed by atoms with Crippen molar-refractivity contribution >= 4 is 54.4 Å². The average Bonchev–Trinajstić information content (AvgIpc) is 3.50. The molecule has 0 aliphatic carbocycles. The first kappa shape index (κ1) is 20.8. The summed E-state index contributed by atoms with van der Waals surface area (Å²) in [6, 6.07) is 47.0.